The van der Waals surface area contributed by atoms with Crippen LogP contribution >= 0.6 is 23.4 Å². The summed E-state index contributed by atoms with van der Waals surface area (Å²) in [6, 6.07) is 0. The molecule has 0 spiro atoms. The van der Waals surface area contributed by atoms with Gasteiger partial charge < -0.3 is 0 Å². The van der Waals surface area contributed by atoms with Gasteiger partial charge in [-0.15, -0.1) is 0 Å². The predicted octanol–water partition coefficient (Wildman–Crippen LogP) is 0.801. The molecule has 1 N–H and O–H groups in total. The topological polar surface area (TPSA) is 58.1 Å². The lowest BCUT2D eigenvalue weighted by molar-refractivity contribution is 0.285. The highest BCUT2D eigenvalue weighted by Crippen LogP contribution is 2.09. The van der Waals surface area contributed by atoms with Crippen LogP contribution in [0.15, 0.2) is 9.59 Å². The van der Waals surface area contributed by atoms with Crippen LogP contribution in [0.1, 0.15) is 12.5 Å². The van der Waals surface area contributed by atoms with Crippen molar-refractivity contribution in [3.8, 4) is 0 Å². The maximum absolute atomic E-state index is 12.2. The van der Waals surface area contributed by atoms with E-state index in [4.69, 9.17) is 11.6 Å². The maximum atomic E-state index is 12.2. The van der Waals surface area contributed by atoms with E-state index >= 15 is 0 Å². The van der Waals surface area contributed by atoms with Crippen molar-refractivity contribution in [1.29, 1.82) is 0 Å². The number of nitrogens with one attached hydrogen (secondary N) is 1. The van der Waals surface area contributed by atoms with E-state index in [-0.39, 0.29) is 10.7 Å². The average molecular weight is 304 g/mol. The highest BCUT2D eigenvalue weighted by Gasteiger charge is 2.14. The zero-order valence-electron chi connectivity index (χ0n) is 10.9. The molecule has 0 saturated carbocycles. The van der Waals surface area contributed by atoms with Crippen molar-refractivity contribution in [2.75, 3.05) is 31.1 Å². The molecular formula is C12H18ClN3O2S. The zero-order valence-corrected chi connectivity index (χ0v) is 12.5. The van der Waals surface area contributed by atoms with E-state index in [0.29, 0.717) is 18.5 Å². The minimum Gasteiger partial charge on any atom is -0.300 e. The van der Waals surface area contributed by atoms with E-state index in [1.54, 1.807) is 0 Å². The third kappa shape index (κ3) is 3.43. The molecule has 1 aromatic rings. The summed E-state index contributed by atoms with van der Waals surface area (Å²) in [7, 11) is 0. The second-order valence-corrected chi connectivity index (χ2v) is 6.09. The SMILES string of the molecule is CCc1c(Cl)[nH]c(=O)n(CCN2CCSCC2)c1=O. The molecule has 106 valence electrons. The highest BCUT2D eigenvalue weighted by atomic mass is 35.5. The van der Waals surface area contributed by atoms with E-state index in [1.165, 1.54) is 4.57 Å². The summed E-state index contributed by atoms with van der Waals surface area (Å²) in [5.74, 6) is 2.23. The Bertz CT molecular complexity index is 549. The van der Waals surface area contributed by atoms with Gasteiger partial charge in [0.15, 0.2) is 0 Å². The molecule has 1 aliphatic rings. The molecule has 2 heterocycles. The molecule has 1 aliphatic heterocycles. The van der Waals surface area contributed by atoms with Crippen molar-refractivity contribution in [3.05, 3.63) is 31.6 Å². The second kappa shape index (κ2) is 6.63. The molecule has 0 amide bonds. The fraction of sp³-hybridized carbons (Fsp3) is 0.667. The van der Waals surface area contributed by atoms with Crippen molar-refractivity contribution in [2.24, 2.45) is 0 Å². The quantitative estimate of drug-likeness (QED) is 0.836. The lowest BCUT2D eigenvalue weighted by atomic mass is 10.2. The molecule has 0 bridgehead atoms. The minimum atomic E-state index is -0.418. The largest absolute Gasteiger partial charge is 0.329 e. The molecule has 7 heteroatoms. The van der Waals surface area contributed by atoms with E-state index in [2.05, 4.69) is 9.88 Å². The number of hydrogen-bond acceptors (Lipinski definition) is 4. The van der Waals surface area contributed by atoms with Crippen LogP contribution in [-0.2, 0) is 13.0 Å². The molecule has 0 unspecified atom stereocenters. The Kier molecular flexibility index (Phi) is 5.13. The Morgan fingerprint density at radius 2 is 1.95 bits per heavy atom. The van der Waals surface area contributed by atoms with Gasteiger partial charge in [0, 0.05) is 37.7 Å². The summed E-state index contributed by atoms with van der Waals surface area (Å²) in [5, 5.41) is 0.170. The Labute approximate surface area is 121 Å². The van der Waals surface area contributed by atoms with Gasteiger partial charge in [0.25, 0.3) is 5.56 Å². The zero-order chi connectivity index (χ0) is 13.8. The van der Waals surface area contributed by atoms with Crippen LogP contribution in [0.3, 0.4) is 0 Å². The Morgan fingerprint density at radius 1 is 1.26 bits per heavy atom. The number of thioether (sulfide) groups is 1. The van der Waals surface area contributed by atoms with E-state index < -0.39 is 5.69 Å². The first-order valence-electron chi connectivity index (χ1n) is 6.45. The maximum Gasteiger partial charge on any atom is 0.329 e. The summed E-state index contributed by atoms with van der Waals surface area (Å²) in [6.07, 6.45) is 0.523. The first-order valence-corrected chi connectivity index (χ1v) is 7.98. The first-order chi connectivity index (χ1) is 9.13. The number of aromatic nitrogens is 2. The van der Waals surface area contributed by atoms with Gasteiger partial charge in [0.1, 0.15) is 5.15 Å². The van der Waals surface area contributed by atoms with Gasteiger partial charge in [-0.25, -0.2) is 4.79 Å². The lowest BCUT2D eigenvalue weighted by Gasteiger charge is -2.26. The third-order valence-electron chi connectivity index (χ3n) is 3.33. The van der Waals surface area contributed by atoms with Gasteiger partial charge in [0.05, 0.1) is 5.56 Å². The van der Waals surface area contributed by atoms with Crippen LogP contribution in [0.25, 0.3) is 0 Å². The highest BCUT2D eigenvalue weighted by molar-refractivity contribution is 7.99. The minimum absolute atomic E-state index is 0.170. The van der Waals surface area contributed by atoms with Crippen LogP contribution in [0.4, 0.5) is 0 Å². The molecule has 1 aromatic heterocycles. The van der Waals surface area contributed by atoms with Crippen LogP contribution in [0, 0.1) is 0 Å². The number of halogens is 1. The van der Waals surface area contributed by atoms with Gasteiger partial charge in [0.2, 0.25) is 0 Å². The number of H-pyrrole nitrogens is 1. The van der Waals surface area contributed by atoms with E-state index in [0.717, 1.165) is 31.1 Å². The molecular weight excluding hydrogens is 286 g/mol. The van der Waals surface area contributed by atoms with Gasteiger partial charge in [-0.3, -0.25) is 19.2 Å². The number of hydrogen-bond donors (Lipinski definition) is 1. The van der Waals surface area contributed by atoms with Crippen molar-refractivity contribution >= 4 is 23.4 Å². The van der Waals surface area contributed by atoms with Crippen molar-refractivity contribution < 1.29 is 0 Å². The van der Waals surface area contributed by atoms with Gasteiger partial charge in [-0.05, 0) is 6.42 Å². The normalized spacial score (nSPS) is 16.7. The van der Waals surface area contributed by atoms with Crippen LogP contribution < -0.4 is 11.2 Å². The summed E-state index contributed by atoms with van der Waals surface area (Å²) < 4.78 is 1.26. The molecule has 0 aliphatic carbocycles. The fourth-order valence-electron chi connectivity index (χ4n) is 2.16. The van der Waals surface area contributed by atoms with Crippen molar-refractivity contribution in [3.63, 3.8) is 0 Å². The summed E-state index contributed by atoms with van der Waals surface area (Å²) in [5.41, 5.74) is -0.198. The molecule has 2 rings (SSSR count). The molecule has 0 atom stereocenters. The van der Waals surface area contributed by atoms with E-state index in [9.17, 15) is 9.59 Å². The van der Waals surface area contributed by atoms with Crippen molar-refractivity contribution in [1.82, 2.24) is 14.5 Å². The van der Waals surface area contributed by atoms with E-state index in [1.807, 2.05) is 18.7 Å². The number of aromatic amines is 1. The number of rotatable bonds is 4. The fourth-order valence-corrected chi connectivity index (χ4v) is 3.44. The molecule has 5 nitrogen and oxygen atoms in total. The summed E-state index contributed by atoms with van der Waals surface area (Å²) >= 11 is 7.81. The Hall–Kier alpha value is -0.720. The Balaban J connectivity index is 2.15. The second-order valence-electron chi connectivity index (χ2n) is 4.49. The monoisotopic (exact) mass is 303 g/mol. The molecule has 0 radical (unpaired) electrons. The van der Waals surface area contributed by atoms with Crippen molar-refractivity contribution in [2.45, 2.75) is 19.9 Å². The van der Waals surface area contributed by atoms with Gasteiger partial charge in [-0.1, -0.05) is 18.5 Å². The summed E-state index contributed by atoms with van der Waals surface area (Å²) in [6.45, 7) is 5.04. The van der Waals surface area contributed by atoms with Crippen LogP contribution in [-0.4, -0.2) is 45.6 Å². The molecule has 0 aromatic carbocycles. The van der Waals surface area contributed by atoms with Crippen LogP contribution in [0.5, 0.6) is 0 Å². The van der Waals surface area contributed by atoms with Gasteiger partial charge in [-0.2, -0.15) is 11.8 Å². The summed E-state index contributed by atoms with van der Waals surface area (Å²) in [4.78, 5) is 28.8. The molecule has 1 saturated heterocycles. The first kappa shape index (κ1) is 14.7. The molecule has 1 fully saturated rings. The van der Waals surface area contributed by atoms with Crippen LogP contribution in [0.2, 0.25) is 5.15 Å². The predicted molar refractivity (Wildman–Crippen MR) is 79.5 cm³/mol. The Morgan fingerprint density at radius 3 is 2.58 bits per heavy atom. The standard InChI is InChI=1S/C12H18ClN3O2S/c1-2-9-10(13)14-12(18)16(11(9)17)4-3-15-5-7-19-8-6-15/h2-8H2,1H3,(H,14,18). The lowest BCUT2D eigenvalue weighted by Crippen LogP contribution is -2.42. The average Bonchev–Trinajstić information content (AvgIpc) is 2.39. The third-order valence-corrected chi connectivity index (χ3v) is 4.59. The smallest absolute Gasteiger partial charge is 0.300 e. The molecule has 19 heavy (non-hydrogen) atoms. The van der Waals surface area contributed by atoms with Gasteiger partial charge >= 0.3 is 5.69 Å². The number of nitrogens with zero attached hydrogens (tertiary/aromatic N) is 2.